The molecule has 66 valence electrons. The number of hydrogen-bond acceptors (Lipinski definition) is 3. The first-order chi connectivity index (χ1) is 5.16. The van der Waals surface area contributed by atoms with Crippen molar-refractivity contribution < 1.29 is 20.1 Å². The average Bonchev–Trinajstić information content (AvgIpc) is 1.87. The Morgan fingerprint density at radius 3 is 2.55 bits per heavy atom. The SMILES string of the molecule is O=C(O)NCCC(O)CCO. The van der Waals surface area contributed by atoms with E-state index in [2.05, 4.69) is 5.32 Å². The van der Waals surface area contributed by atoms with Gasteiger partial charge in [-0.2, -0.15) is 0 Å². The van der Waals surface area contributed by atoms with E-state index in [-0.39, 0.29) is 13.2 Å². The van der Waals surface area contributed by atoms with E-state index in [4.69, 9.17) is 15.3 Å². The maximum atomic E-state index is 9.90. The lowest BCUT2D eigenvalue weighted by Crippen LogP contribution is -2.25. The minimum Gasteiger partial charge on any atom is -0.465 e. The molecule has 4 N–H and O–H groups in total. The second-order valence-electron chi connectivity index (χ2n) is 2.19. The molecule has 0 spiro atoms. The number of nitrogens with one attached hydrogen (secondary N) is 1. The summed E-state index contributed by atoms with van der Waals surface area (Å²) < 4.78 is 0. The molecule has 1 amide bonds. The largest absolute Gasteiger partial charge is 0.465 e. The highest BCUT2D eigenvalue weighted by molar-refractivity contribution is 5.64. The fourth-order valence-corrected chi connectivity index (χ4v) is 0.639. The Kier molecular flexibility index (Phi) is 5.50. The summed E-state index contributed by atoms with van der Waals surface area (Å²) in [5, 5.41) is 27.5. The number of carbonyl (C=O) groups is 1. The van der Waals surface area contributed by atoms with Gasteiger partial charge < -0.3 is 20.6 Å². The first-order valence-electron chi connectivity index (χ1n) is 3.42. The molecule has 0 rings (SSSR count). The zero-order valence-corrected chi connectivity index (χ0v) is 6.16. The second kappa shape index (κ2) is 5.94. The Balaban J connectivity index is 3.16. The van der Waals surface area contributed by atoms with E-state index in [9.17, 15) is 4.79 Å². The molecule has 0 saturated carbocycles. The molecule has 0 saturated heterocycles. The topological polar surface area (TPSA) is 89.8 Å². The fraction of sp³-hybridized carbons (Fsp3) is 0.833. The van der Waals surface area contributed by atoms with Crippen molar-refractivity contribution in [1.29, 1.82) is 0 Å². The van der Waals surface area contributed by atoms with Crippen molar-refractivity contribution >= 4 is 6.09 Å². The lowest BCUT2D eigenvalue weighted by molar-refractivity contribution is 0.124. The van der Waals surface area contributed by atoms with Crippen molar-refractivity contribution in [1.82, 2.24) is 5.32 Å². The van der Waals surface area contributed by atoms with Gasteiger partial charge in [-0.15, -0.1) is 0 Å². The molecule has 0 radical (unpaired) electrons. The Hall–Kier alpha value is -0.810. The molecule has 0 fully saturated rings. The van der Waals surface area contributed by atoms with E-state index in [1.807, 2.05) is 0 Å². The van der Waals surface area contributed by atoms with Gasteiger partial charge in [-0.25, -0.2) is 4.79 Å². The molecule has 1 unspecified atom stereocenters. The monoisotopic (exact) mass is 163 g/mol. The number of hydrogen-bond donors (Lipinski definition) is 4. The smallest absolute Gasteiger partial charge is 0.404 e. The summed E-state index contributed by atoms with van der Waals surface area (Å²) in [6.07, 6.45) is -1.08. The molecule has 0 aromatic carbocycles. The van der Waals surface area contributed by atoms with Crippen LogP contribution in [0.4, 0.5) is 4.79 Å². The fourth-order valence-electron chi connectivity index (χ4n) is 0.639. The zero-order chi connectivity index (χ0) is 8.69. The summed E-state index contributed by atoms with van der Waals surface area (Å²) in [6, 6.07) is 0. The molecule has 0 aromatic heterocycles. The Labute approximate surface area is 64.7 Å². The van der Waals surface area contributed by atoms with E-state index in [0.717, 1.165) is 0 Å². The van der Waals surface area contributed by atoms with Crippen LogP contribution >= 0.6 is 0 Å². The molecule has 0 aliphatic rings. The number of carboxylic acid groups (broad SMARTS) is 1. The summed E-state index contributed by atoms with van der Waals surface area (Å²) in [6.45, 7) is 0.144. The van der Waals surface area contributed by atoms with Crippen LogP contribution in [0.1, 0.15) is 12.8 Å². The Morgan fingerprint density at radius 2 is 2.09 bits per heavy atom. The van der Waals surface area contributed by atoms with Gasteiger partial charge in [0, 0.05) is 13.2 Å². The number of aliphatic hydroxyl groups is 2. The van der Waals surface area contributed by atoms with Crippen LogP contribution in [0, 0.1) is 0 Å². The van der Waals surface area contributed by atoms with Crippen LogP contribution in [0.3, 0.4) is 0 Å². The highest BCUT2D eigenvalue weighted by Gasteiger charge is 2.02. The van der Waals surface area contributed by atoms with Crippen molar-refractivity contribution in [3.8, 4) is 0 Å². The average molecular weight is 163 g/mol. The van der Waals surface area contributed by atoms with Crippen molar-refractivity contribution in [3.63, 3.8) is 0 Å². The summed E-state index contributed by atoms with van der Waals surface area (Å²) in [5.74, 6) is 0. The molecule has 0 aromatic rings. The first-order valence-corrected chi connectivity index (χ1v) is 3.42. The minimum absolute atomic E-state index is 0.0752. The molecule has 11 heavy (non-hydrogen) atoms. The Morgan fingerprint density at radius 1 is 1.45 bits per heavy atom. The van der Waals surface area contributed by atoms with Crippen LogP contribution in [-0.2, 0) is 0 Å². The van der Waals surface area contributed by atoms with Crippen molar-refractivity contribution in [2.45, 2.75) is 18.9 Å². The van der Waals surface area contributed by atoms with Crippen molar-refractivity contribution in [3.05, 3.63) is 0 Å². The third kappa shape index (κ3) is 7.08. The predicted molar refractivity (Wildman–Crippen MR) is 38.4 cm³/mol. The van der Waals surface area contributed by atoms with E-state index >= 15 is 0 Å². The van der Waals surface area contributed by atoms with Gasteiger partial charge >= 0.3 is 6.09 Å². The molecule has 0 aliphatic carbocycles. The second-order valence-corrected chi connectivity index (χ2v) is 2.19. The quantitative estimate of drug-likeness (QED) is 0.435. The maximum Gasteiger partial charge on any atom is 0.404 e. The van der Waals surface area contributed by atoms with Crippen LogP contribution < -0.4 is 5.32 Å². The van der Waals surface area contributed by atoms with Crippen LogP contribution in [0.15, 0.2) is 0 Å². The van der Waals surface area contributed by atoms with Gasteiger partial charge in [-0.05, 0) is 12.8 Å². The van der Waals surface area contributed by atoms with Gasteiger partial charge in [0.1, 0.15) is 0 Å². The number of rotatable bonds is 5. The lowest BCUT2D eigenvalue weighted by atomic mass is 10.2. The normalized spacial score (nSPS) is 12.5. The molecule has 0 bridgehead atoms. The Bertz CT molecular complexity index is 117. The molecular formula is C6H13NO4. The highest BCUT2D eigenvalue weighted by atomic mass is 16.4. The molecule has 1 atom stereocenters. The van der Waals surface area contributed by atoms with Gasteiger partial charge in [-0.1, -0.05) is 0 Å². The first kappa shape index (κ1) is 10.2. The predicted octanol–water partition coefficient (Wildman–Crippen LogP) is -0.613. The number of amides is 1. The summed E-state index contributed by atoms with van der Waals surface area (Å²) >= 11 is 0. The number of aliphatic hydroxyl groups excluding tert-OH is 2. The van der Waals surface area contributed by atoms with Crippen LogP contribution in [0.2, 0.25) is 0 Å². The zero-order valence-electron chi connectivity index (χ0n) is 6.16. The minimum atomic E-state index is -1.10. The van der Waals surface area contributed by atoms with Crippen LogP contribution in [0.25, 0.3) is 0 Å². The van der Waals surface area contributed by atoms with Crippen LogP contribution in [-0.4, -0.2) is 40.7 Å². The van der Waals surface area contributed by atoms with E-state index in [1.165, 1.54) is 0 Å². The van der Waals surface area contributed by atoms with Gasteiger partial charge in [0.15, 0.2) is 0 Å². The van der Waals surface area contributed by atoms with E-state index < -0.39 is 12.2 Å². The van der Waals surface area contributed by atoms with Gasteiger partial charge in [0.2, 0.25) is 0 Å². The summed E-state index contributed by atoms with van der Waals surface area (Å²) in [4.78, 5) is 9.90. The molecule has 5 nitrogen and oxygen atoms in total. The van der Waals surface area contributed by atoms with Crippen molar-refractivity contribution in [2.24, 2.45) is 0 Å². The maximum absolute atomic E-state index is 9.90. The van der Waals surface area contributed by atoms with E-state index in [1.54, 1.807) is 0 Å². The van der Waals surface area contributed by atoms with Gasteiger partial charge in [0.25, 0.3) is 0 Å². The van der Waals surface area contributed by atoms with Crippen molar-refractivity contribution in [2.75, 3.05) is 13.2 Å². The standard InChI is InChI=1S/C6H13NO4/c8-4-2-5(9)1-3-7-6(10)11/h5,7-9H,1-4H2,(H,10,11). The van der Waals surface area contributed by atoms with Gasteiger partial charge in [0.05, 0.1) is 6.10 Å². The molecule has 0 heterocycles. The lowest BCUT2D eigenvalue weighted by Gasteiger charge is -2.07. The van der Waals surface area contributed by atoms with Gasteiger partial charge in [-0.3, -0.25) is 0 Å². The third-order valence-electron chi connectivity index (χ3n) is 1.22. The molecular weight excluding hydrogens is 150 g/mol. The highest BCUT2D eigenvalue weighted by Crippen LogP contribution is 1.94. The third-order valence-corrected chi connectivity index (χ3v) is 1.22. The van der Waals surface area contributed by atoms with Crippen LogP contribution in [0.5, 0.6) is 0 Å². The summed E-state index contributed by atoms with van der Waals surface area (Å²) in [5.41, 5.74) is 0. The summed E-state index contributed by atoms with van der Waals surface area (Å²) in [7, 11) is 0. The van der Waals surface area contributed by atoms with E-state index in [0.29, 0.717) is 12.8 Å². The molecule has 5 heteroatoms. The molecule has 0 aliphatic heterocycles.